The molecular weight excluding hydrogens is 382 g/mol. The summed E-state index contributed by atoms with van der Waals surface area (Å²) in [4.78, 5) is 62.9. The fourth-order valence-electron chi connectivity index (χ4n) is 4.93. The second-order valence-electron chi connectivity index (χ2n) is 7.69. The molecule has 2 unspecified atom stereocenters. The van der Waals surface area contributed by atoms with Crippen LogP contribution < -0.4 is 5.73 Å². The molecular formula is C20H17NO8. The van der Waals surface area contributed by atoms with Crippen molar-refractivity contribution in [2.24, 2.45) is 29.4 Å². The van der Waals surface area contributed by atoms with Crippen molar-refractivity contribution in [1.82, 2.24) is 0 Å². The lowest BCUT2D eigenvalue weighted by Gasteiger charge is -2.51. The third-order valence-electron chi connectivity index (χ3n) is 6.32. The van der Waals surface area contributed by atoms with Gasteiger partial charge in [-0.25, -0.2) is 0 Å². The Morgan fingerprint density at radius 3 is 2.45 bits per heavy atom. The zero-order valence-corrected chi connectivity index (χ0v) is 15.0. The second kappa shape index (κ2) is 5.91. The minimum absolute atomic E-state index is 0.167. The number of aliphatic hydroxyl groups is 2. The van der Waals surface area contributed by atoms with Gasteiger partial charge in [0, 0.05) is 18.3 Å². The van der Waals surface area contributed by atoms with E-state index in [1.807, 2.05) is 0 Å². The summed E-state index contributed by atoms with van der Waals surface area (Å²) in [6.07, 6.45) is -2.28. The molecule has 0 bridgehead atoms. The smallest absolute Gasteiger partial charge is 0.235 e. The summed E-state index contributed by atoms with van der Waals surface area (Å²) in [5, 5.41) is 32.1. The summed E-state index contributed by atoms with van der Waals surface area (Å²) < 4.78 is 0. The maximum absolute atomic E-state index is 13.2. The van der Waals surface area contributed by atoms with Crippen LogP contribution in [0.5, 0.6) is 5.75 Å². The number of benzene rings is 1. The first-order chi connectivity index (χ1) is 13.5. The van der Waals surface area contributed by atoms with Gasteiger partial charge in [-0.1, -0.05) is 18.7 Å². The number of fused-ring (bicyclic) bond motifs is 3. The van der Waals surface area contributed by atoms with Crippen molar-refractivity contribution in [3.05, 3.63) is 35.9 Å². The number of rotatable bonds is 1. The van der Waals surface area contributed by atoms with E-state index < -0.39 is 76.6 Å². The molecule has 4 rings (SSSR count). The predicted molar refractivity (Wildman–Crippen MR) is 95.2 cm³/mol. The highest BCUT2D eigenvalue weighted by atomic mass is 16.3. The SMILES string of the molecule is C=C1c2cccc(O)c2C(=O)C2C(=O)[C@@]3(O)C(=O)C(C(N)=O)C(=O)C[C@H]3[C@H](O)[C@@H]12. The summed E-state index contributed by atoms with van der Waals surface area (Å²) in [6.45, 7) is 3.84. The third-order valence-corrected chi connectivity index (χ3v) is 6.32. The number of amides is 1. The van der Waals surface area contributed by atoms with Crippen molar-refractivity contribution in [2.75, 3.05) is 0 Å². The number of aromatic hydroxyl groups is 1. The highest BCUT2D eigenvalue weighted by Gasteiger charge is 2.69. The molecule has 0 spiro atoms. The Balaban J connectivity index is 1.91. The molecule has 0 aromatic heterocycles. The Morgan fingerprint density at radius 1 is 1.17 bits per heavy atom. The van der Waals surface area contributed by atoms with E-state index >= 15 is 0 Å². The molecule has 9 nitrogen and oxygen atoms in total. The summed E-state index contributed by atoms with van der Waals surface area (Å²) in [6, 6.07) is 4.19. The van der Waals surface area contributed by atoms with Gasteiger partial charge in [-0.3, -0.25) is 24.0 Å². The van der Waals surface area contributed by atoms with Crippen LogP contribution in [-0.2, 0) is 19.2 Å². The van der Waals surface area contributed by atoms with Gasteiger partial charge in [-0.2, -0.15) is 0 Å². The van der Waals surface area contributed by atoms with Gasteiger partial charge in [0.15, 0.2) is 34.7 Å². The largest absolute Gasteiger partial charge is 0.507 e. The molecule has 3 aliphatic carbocycles. The first kappa shape index (κ1) is 19.2. The number of phenolic OH excluding ortho intramolecular Hbond substituents is 1. The summed E-state index contributed by atoms with van der Waals surface area (Å²) in [7, 11) is 0. The van der Waals surface area contributed by atoms with Crippen molar-refractivity contribution < 1.29 is 39.3 Å². The summed E-state index contributed by atoms with van der Waals surface area (Å²) in [5.74, 6) is -12.7. The van der Waals surface area contributed by atoms with Crippen LogP contribution >= 0.6 is 0 Å². The van der Waals surface area contributed by atoms with Gasteiger partial charge in [0.25, 0.3) is 0 Å². The lowest BCUT2D eigenvalue weighted by Crippen LogP contribution is -2.72. The molecule has 1 amide bonds. The first-order valence-electron chi connectivity index (χ1n) is 8.89. The summed E-state index contributed by atoms with van der Waals surface area (Å²) >= 11 is 0. The molecule has 9 heteroatoms. The number of nitrogens with two attached hydrogens (primary N) is 1. The quantitative estimate of drug-likeness (QED) is 0.425. The highest BCUT2D eigenvalue weighted by molar-refractivity contribution is 6.32. The highest BCUT2D eigenvalue weighted by Crippen LogP contribution is 2.53. The van der Waals surface area contributed by atoms with E-state index in [2.05, 4.69) is 6.58 Å². The minimum Gasteiger partial charge on any atom is -0.507 e. The van der Waals surface area contributed by atoms with Gasteiger partial charge >= 0.3 is 0 Å². The molecule has 2 fully saturated rings. The number of hydrogen-bond donors (Lipinski definition) is 4. The van der Waals surface area contributed by atoms with E-state index in [9.17, 15) is 39.3 Å². The van der Waals surface area contributed by atoms with Gasteiger partial charge in [0.2, 0.25) is 5.91 Å². The van der Waals surface area contributed by atoms with Crippen LogP contribution in [0.2, 0.25) is 0 Å². The van der Waals surface area contributed by atoms with Crippen LogP contribution in [0, 0.1) is 23.7 Å². The fraction of sp³-hybridized carbons (Fsp3) is 0.350. The van der Waals surface area contributed by atoms with Crippen molar-refractivity contribution in [2.45, 2.75) is 18.1 Å². The average Bonchev–Trinajstić information content (AvgIpc) is 2.65. The zero-order valence-electron chi connectivity index (χ0n) is 15.0. The van der Waals surface area contributed by atoms with E-state index in [0.29, 0.717) is 0 Å². The van der Waals surface area contributed by atoms with Crippen LogP contribution in [0.25, 0.3) is 5.57 Å². The summed E-state index contributed by atoms with van der Waals surface area (Å²) in [5.41, 5.74) is 2.37. The van der Waals surface area contributed by atoms with Gasteiger partial charge in [0.05, 0.1) is 17.6 Å². The molecule has 0 heterocycles. The molecule has 29 heavy (non-hydrogen) atoms. The molecule has 3 aliphatic rings. The van der Waals surface area contributed by atoms with Crippen LogP contribution in [0.3, 0.4) is 0 Å². The molecule has 1 aromatic carbocycles. The molecule has 0 aliphatic heterocycles. The number of carbonyl (C=O) groups is 5. The zero-order chi connectivity index (χ0) is 21.4. The van der Waals surface area contributed by atoms with E-state index in [1.54, 1.807) is 0 Å². The van der Waals surface area contributed by atoms with E-state index in [0.717, 1.165) is 0 Å². The van der Waals surface area contributed by atoms with Crippen molar-refractivity contribution in [3.8, 4) is 5.75 Å². The van der Waals surface area contributed by atoms with Crippen molar-refractivity contribution >= 4 is 34.6 Å². The van der Waals surface area contributed by atoms with E-state index in [4.69, 9.17) is 5.73 Å². The van der Waals surface area contributed by atoms with Crippen LogP contribution in [-0.4, -0.2) is 56.1 Å². The molecule has 6 atom stereocenters. The predicted octanol–water partition coefficient (Wildman–Crippen LogP) is -1.23. The van der Waals surface area contributed by atoms with E-state index in [-0.39, 0.29) is 16.7 Å². The average molecular weight is 399 g/mol. The first-order valence-corrected chi connectivity index (χ1v) is 8.89. The van der Waals surface area contributed by atoms with Gasteiger partial charge in [0.1, 0.15) is 5.75 Å². The van der Waals surface area contributed by atoms with Crippen molar-refractivity contribution in [3.63, 3.8) is 0 Å². The van der Waals surface area contributed by atoms with Gasteiger partial charge in [-0.15, -0.1) is 0 Å². The Hall–Kier alpha value is -3.17. The molecule has 0 radical (unpaired) electrons. The number of primary amides is 1. The fourth-order valence-corrected chi connectivity index (χ4v) is 4.93. The normalized spacial score (nSPS) is 36.3. The lowest BCUT2D eigenvalue weighted by atomic mass is 9.52. The Kier molecular flexibility index (Phi) is 3.91. The molecule has 150 valence electrons. The topological polar surface area (TPSA) is 172 Å². The van der Waals surface area contributed by atoms with Gasteiger partial charge < -0.3 is 21.1 Å². The maximum Gasteiger partial charge on any atom is 0.235 e. The number of phenols is 1. The lowest BCUT2D eigenvalue weighted by molar-refractivity contribution is -0.185. The van der Waals surface area contributed by atoms with E-state index in [1.165, 1.54) is 18.2 Å². The van der Waals surface area contributed by atoms with Crippen LogP contribution in [0.1, 0.15) is 22.3 Å². The Labute approximate surface area is 163 Å². The molecule has 1 aromatic rings. The number of carbonyl (C=O) groups excluding carboxylic acids is 5. The third kappa shape index (κ3) is 2.19. The maximum atomic E-state index is 13.2. The number of hydrogen-bond acceptors (Lipinski definition) is 8. The van der Waals surface area contributed by atoms with Crippen LogP contribution in [0.15, 0.2) is 24.8 Å². The van der Waals surface area contributed by atoms with Gasteiger partial charge in [-0.05, 0) is 17.2 Å². The number of Topliss-reactive ketones (excluding diaryl/α,β-unsaturated/α-hetero) is 4. The standard InChI is InChI=1S/C20H17NO8/c1-6-7-3-2-4-9(22)12(7)16(25)14-11(6)15(24)8-5-10(23)13(19(21)28)17(26)20(8,29)18(14)27/h2-4,8,11,13-15,22,24,29H,1,5H2,(H2,21,28)/t8-,11-,13?,14?,15-,20-/m0/s1. The minimum atomic E-state index is -2.92. The number of ketones is 4. The van der Waals surface area contributed by atoms with Crippen LogP contribution in [0.4, 0.5) is 0 Å². The Bertz CT molecular complexity index is 1040. The molecule has 0 saturated heterocycles. The van der Waals surface area contributed by atoms with Crippen molar-refractivity contribution in [1.29, 1.82) is 0 Å². The monoisotopic (exact) mass is 399 g/mol. The number of aliphatic hydroxyl groups excluding tert-OH is 1. The molecule has 2 saturated carbocycles. The Morgan fingerprint density at radius 2 is 1.83 bits per heavy atom. The second-order valence-corrected chi connectivity index (χ2v) is 7.69. The molecule has 5 N–H and O–H groups in total.